The fourth-order valence-corrected chi connectivity index (χ4v) is 1.20. The first kappa shape index (κ1) is 10.8. The Morgan fingerprint density at radius 3 is 2.86 bits per heavy atom. The molecular formula is C9H17N3O2. The summed E-state index contributed by atoms with van der Waals surface area (Å²) in [5.74, 6) is 0.951. The normalized spacial score (nSPS) is 16.7. The number of hydrogen-bond donors (Lipinski definition) is 3. The van der Waals surface area contributed by atoms with E-state index in [0.717, 1.165) is 0 Å². The zero-order valence-electron chi connectivity index (χ0n) is 8.20. The summed E-state index contributed by atoms with van der Waals surface area (Å²) in [6, 6.07) is 0. The minimum Gasteiger partial charge on any atom is -0.409 e. The third kappa shape index (κ3) is 4.69. The first-order valence-electron chi connectivity index (χ1n) is 4.95. The average molecular weight is 199 g/mol. The molecule has 0 aromatic rings. The number of rotatable bonds is 6. The molecule has 0 aromatic heterocycles. The second kappa shape index (κ2) is 5.47. The van der Waals surface area contributed by atoms with Crippen molar-refractivity contribution in [2.24, 2.45) is 16.8 Å². The summed E-state index contributed by atoms with van der Waals surface area (Å²) < 4.78 is 0. The van der Waals surface area contributed by atoms with Crippen LogP contribution in [0.1, 0.15) is 32.1 Å². The number of hydrogen-bond acceptors (Lipinski definition) is 3. The van der Waals surface area contributed by atoms with Gasteiger partial charge in [-0.25, -0.2) is 0 Å². The fraction of sp³-hybridized carbons (Fsp3) is 0.778. The topological polar surface area (TPSA) is 87.7 Å². The zero-order chi connectivity index (χ0) is 10.4. The molecule has 0 unspecified atom stereocenters. The number of carbonyl (C=O) groups is 1. The van der Waals surface area contributed by atoms with Crippen LogP contribution in [0.2, 0.25) is 0 Å². The third-order valence-corrected chi connectivity index (χ3v) is 2.23. The predicted octanol–water partition coefficient (Wildman–Crippen LogP) is 0.429. The van der Waals surface area contributed by atoms with Crippen molar-refractivity contribution in [3.63, 3.8) is 0 Å². The molecule has 1 amide bonds. The van der Waals surface area contributed by atoms with Gasteiger partial charge in [-0.2, -0.15) is 0 Å². The smallest absolute Gasteiger partial charge is 0.220 e. The Hall–Kier alpha value is -1.26. The summed E-state index contributed by atoms with van der Waals surface area (Å²) in [6.45, 7) is 0.599. The molecule has 1 fully saturated rings. The highest BCUT2D eigenvalue weighted by atomic mass is 16.4. The molecule has 0 aliphatic heterocycles. The van der Waals surface area contributed by atoms with Crippen LogP contribution in [-0.4, -0.2) is 23.5 Å². The maximum Gasteiger partial charge on any atom is 0.220 e. The molecular weight excluding hydrogens is 182 g/mol. The van der Waals surface area contributed by atoms with E-state index < -0.39 is 0 Å². The molecule has 14 heavy (non-hydrogen) atoms. The Kier molecular flexibility index (Phi) is 4.22. The quantitative estimate of drug-likeness (QED) is 0.190. The monoisotopic (exact) mass is 199 g/mol. The minimum atomic E-state index is 0.118. The van der Waals surface area contributed by atoms with E-state index in [4.69, 9.17) is 10.9 Å². The fourth-order valence-electron chi connectivity index (χ4n) is 1.20. The van der Waals surface area contributed by atoms with Crippen LogP contribution in [0.5, 0.6) is 0 Å². The molecule has 0 bridgehead atoms. The Bertz CT molecular complexity index is 224. The Morgan fingerprint density at radius 1 is 1.57 bits per heavy atom. The summed E-state index contributed by atoms with van der Waals surface area (Å²) in [5.41, 5.74) is 5.27. The molecule has 0 saturated heterocycles. The van der Waals surface area contributed by atoms with Gasteiger partial charge in [0.1, 0.15) is 5.84 Å². The molecule has 1 aliphatic rings. The van der Waals surface area contributed by atoms with Gasteiger partial charge in [0, 0.05) is 19.4 Å². The molecule has 0 heterocycles. The maximum atomic E-state index is 11.2. The van der Waals surface area contributed by atoms with Crippen molar-refractivity contribution >= 4 is 11.7 Å². The average Bonchev–Trinajstić information content (AvgIpc) is 2.95. The SMILES string of the molecule is NC(CCCNC(=O)CC1CC1)=NO. The molecule has 1 aliphatic carbocycles. The Balaban J connectivity index is 1.94. The summed E-state index contributed by atoms with van der Waals surface area (Å²) in [4.78, 5) is 11.2. The lowest BCUT2D eigenvalue weighted by Gasteiger charge is -2.03. The van der Waals surface area contributed by atoms with Crippen LogP contribution in [0.25, 0.3) is 0 Å². The highest BCUT2D eigenvalue weighted by Gasteiger charge is 2.23. The summed E-state index contributed by atoms with van der Waals surface area (Å²) in [5, 5.41) is 13.9. The number of amides is 1. The summed E-state index contributed by atoms with van der Waals surface area (Å²) in [6.07, 6.45) is 4.27. The largest absolute Gasteiger partial charge is 0.409 e. The van der Waals surface area contributed by atoms with Gasteiger partial charge < -0.3 is 16.3 Å². The van der Waals surface area contributed by atoms with Crippen LogP contribution >= 0.6 is 0 Å². The van der Waals surface area contributed by atoms with Crippen molar-refractivity contribution < 1.29 is 10.0 Å². The molecule has 0 atom stereocenters. The number of nitrogens with zero attached hydrogens (tertiary/aromatic N) is 1. The van der Waals surface area contributed by atoms with E-state index in [-0.39, 0.29) is 11.7 Å². The van der Waals surface area contributed by atoms with Crippen LogP contribution in [0.3, 0.4) is 0 Å². The molecule has 4 N–H and O–H groups in total. The van der Waals surface area contributed by atoms with Crippen molar-refractivity contribution in [2.45, 2.75) is 32.1 Å². The number of carbonyl (C=O) groups excluding carboxylic acids is 1. The van der Waals surface area contributed by atoms with Gasteiger partial charge in [0.2, 0.25) is 5.91 Å². The first-order chi connectivity index (χ1) is 6.72. The van der Waals surface area contributed by atoms with Crippen molar-refractivity contribution in [1.29, 1.82) is 0 Å². The van der Waals surface area contributed by atoms with Crippen molar-refractivity contribution in [3.8, 4) is 0 Å². The van der Waals surface area contributed by atoms with Crippen molar-refractivity contribution in [2.75, 3.05) is 6.54 Å². The number of amidine groups is 1. The molecule has 0 aromatic carbocycles. The molecule has 5 heteroatoms. The lowest BCUT2D eigenvalue weighted by molar-refractivity contribution is -0.121. The van der Waals surface area contributed by atoms with Gasteiger partial charge in [-0.15, -0.1) is 0 Å². The van der Waals surface area contributed by atoms with E-state index in [1.807, 2.05) is 0 Å². The molecule has 0 spiro atoms. The first-order valence-corrected chi connectivity index (χ1v) is 4.95. The van der Waals surface area contributed by atoms with Crippen LogP contribution in [-0.2, 0) is 4.79 Å². The predicted molar refractivity (Wildman–Crippen MR) is 53.0 cm³/mol. The Morgan fingerprint density at radius 2 is 2.29 bits per heavy atom. The second-order valence-corrected chi connectivity index (χ2v) is 3.69. The third-order valence-electron chi connectivity index (χ3n) is 2.23. The van der Waals surface area contributed by atoms with Crippen molar-refractivity contribution in [1.82, 2.24) is 5.32 Å². The van der Waals surface area contributed by atoms with Crippen LogP contribution in [0.15, 0.2) is 5.16 Å². The van der Waals surface area contributed by atoms with E-state index in [1.54, 1.807) is 0 Å². The van der Waals surface area contributed by atoms with Gasteiger partial charge in [-0.3, -0.25) is 4.79 Å². The van der Waals surface area contributed by atoms with Gasteiger partial charge in [0.25, 0.3) is 0 Å². The highest BCUT2D eigenvalue weighted by Crippen LogP contribution is 2.31. The van der Waals surface area contributed by atoms with Gasteiger partial charge in [0.15, 0.2) is 0 Å². The van der Waals surface area contributed by atoms with Gasteiger partial charge >= 0.3 is 0 Å². The van der Waals surface area contributed by atoms with Gasteiger partial charge in [-0.05, 0) is 25.2 Å². The maximum absolute atomic E-state index is 11.2. The molecule has 5 nitrogen and oxygen atoms in total. The van der Waals surface area contributed by atoms with Gasteiger partial charge in [0.05, 0.1) is 0 Å². The lowest BCUT2D eigenvalue weighted by atomic mass is 10.2. The second-order valence-electron chi connectivity index (χ2n) is 3.69. The summed E-state index contributed by atoms with van der Waals surface area (Å²) in [7, 11) is 0. The van der Waals surface area contributed by atoms with Gasteiger partial charge in [-0.1, -0.05) is 5.16 Å². The van der Waals surface area contributed by atoms with E-state index >= 15 is 0 Å². The van der Waals surface area contributed by atoms with Crippen molar-refractivity contribution in [3.05, 3.63) is 0 Å². The molecule has 80 valence electrons. The molecule has 1 saturated carbocycles. The van der Waals surface area contributed by atoms with E-state index in [1.165, 1.54) is 12.8 Å². The number of oxime groups is 1. The van der Waals surface area contributed by atoms with Crippen LogP contribution < -0.4 is 11.1 Å². The van der Waals surface area contributed by atoms with E-state index in [0.29, 0.717) is 31.7 Å². The lowest BCUT2D eigenvalue weighted by Crippen LogP contribution is -2.25. The summed E-state index contributed by atoms with van der Waals surface area (Å²) >= 11 is 0. The van der Waals surface area contributed by atoms with Crippen LogP contribution in [0.4, 0.5) is 0 Å². The highest BCUT2D eigenvalue weighted by molar-refractivity contribution is 5.79. The minimum absolute atomic E-state index is 0.118. The molecule has 1 rings (SSSR count). The zero-order valence-corrected chi connectivity index (χ0v) is 8.20. The molecule has 0 radical (unpaired) electrons. The van der Waals surface area contributed by atoms with E-state index in [9.17, 15) is 4.79 Å². The number of nitrogens with two attached hydrogens (primary N) is 1. The Labute approximate surface area is 83.3 Å². The standard InChI is InChI=1S/C9H17N3O2/c10-8(12-14)2-1-5-11-9(13)6-7-3-4-7/h7,14H,1-6H2,(H2,10,12)(H,11,13). The van der Waals surface area contributed by atoms with Crippen LogP contribution in [0, 0.1) is 5.92 Å². The number of nitrogens with one attached hydrogen (secondary N) is 1. The van der Waals surface area contributed by atoms with E-state index in [2.05, 4.69) is 10.5 Å².